The van der Waals surface area contributed by atoms with Crippen molar-refractivity contribution in [2.24, 2.45) is 0 Å². The van der Waals surface area contributed by atoms with E-state index in [1.165, 1.54) is 11.8 Å². The highest BCUT2D eigenvalue weighted by atomic mass is 79.9. The van der Waals surface area contributed by atoms with Gasteiger partial charge in [0, 0.05) is 0 Å². The molecule has 0 radical (unpaired) electrons. The van der Waals surface area contributed by atoms with Crippen molar-refractivity contribution in [3.05, 3.63) is 52.4 Å². The molecule has 0 spiro atoms. The number of amides is 1. The predicted octanol–water partition coefficient (Wildman–Crippen LogP) is 3.55. The van der Waals surface area contributed by atoms with Crippen molar-refractivity contribution in [3.63, 3.8) is 0 Å². The van der Waals surface area contributed by atoms with Crippen LogP contribution in [0.3, 0.4) is 0 Å². The molecule has 4 nitrogen and oxygen atoms in total. The number of ether oxygens (including phenoxy) is 1. The summed E-state index contributed by atoms with van der Waals surface area (Å²) in [5.74, 6) is 0.604. The lowest BCUT2D eigenvalue weighted by atomic mass is 10.2. The standard InChI is InChI=1S/C15H16BrNO3/c1-10-3-5-12(6-4-10)20-9-11(2)17-15(18)13-7-8-19-14(13)16/h3-8,11H,9H2,1-2H3,(H,17,18). The topological polar surface area (TPSA) is 51.5 Å². The van der Waals surface area contributed by atoms with Gasteiger partial charge in [0.05, 0.1) is 17.9 Å². The minimum absolute atomic E-state index is 0.106. The minimum Gasteiger partial charge on any atom is -0.491 e. The zero-order valence-electron chi connectivity index (χ0n) is 11.4. The average molecular weight is 338 g/mol. The number of aryl methyl sites for hydroxylation is 1. The molecule has 1 N–H and O–H groups in total. The van der Waals surface area contributed by atoms with Gasteiger partial charge in [-0.15, -0.1) is 0 Å². The molecule has 1 unspecified atom stereocenters. The van der Waals surface area contributed by atoms with Gasteiger partial charge >= 0.3 is 0 Å². The van der Waals surface area contributed by atoms with Crippen LogP contribution in [0.2, 0.25) is 0 Å². The summed E-state index contributed by atoms with van der Waals surface area (Å²) in [5.41, 5.74) is 1.66. The second-order valence-electron chi connectivity index (χ2n) is 4.61. The Bertz CT molecular complexity index is 577. The molecule has 106 valence electrons. The van der Waals surface area contributed by atoms with Crippen LogP contribution in [0.25, 0.3) is 0 Å². The maximum absolute atomic E-state index is 11.9. The summed E-state index contributed by atoms with van der Waals surface area (Å²) < 4.78 is 11.1. The first kappa shape index (κ1) is 14.7. The largest absolute Gasteiger partial charge is 0.491 e. The normalized spacial score (nSPS) is 11.9. The molecule has 0 aliphatic rings. The Morgan fingerprint density at radius 1 is 1.35 bits per heavy atom. The average Bonchev–Trinajstić information content (AvgIpc) is 2.84. The molecule has 5 heteroatoms. The fraction of sp³-hybridized carbons (Fsp3) is 0.267. The number of hydrogen-bond donors (Lipinski definition) is 1. The van der Waals surface area contributed by atoms with Gasteiger partial charge in [-0.25, -0.2) is 0 Å². The van der Waals surface area contributed by atoms with E-state index in [0.29, 0.717) is 16.8 Å². The van der Waals surface area contributed by atoms with E-state index < -0.39 is 0 Å². The lowest BCUT2D eigenvalue weighted by Crippen LogP contribution is -2.36. The van der Waals surface area contributed by atoms with Gasteiger partial charge in [0.15, 0.2) is 4.67 Å². The Morgan fingerprint density at radius 3 is 2.65 bits per heavy atom. The van der Waals surface area contributed by atoms with Gasteiger partial charge in [0.1, 0.15) is 12.4 Å². The van der Waals surface area contributed by atoms with Crippen molar-refractivity contribution in [3.8, 4) is 5.75 Å². The van der Waals surface area contributed by atoms with Crippen LogP contribution in [-0.2, 0) is 0 Å². The number of nitrogens with one attached hydrogen (secondary N) is 1. The van der Waals surface area contributed by atoms with Crippen molar-refractivity contribution in [1.82, 2.24) is 5.32 Å². The molecular weight excluding hydrogens is 322 g/mol. The summed E-state index contributed by atoms with van der Waals surface area (Å²) in [6, 6.07) is 9.31. The van der Waals surface area contributed by atoms with Crippen LogP contribution < -0.4 is 10.1 Å². The molecule has 0 bridgehead atoms. The van der Waals surface area contributed by atoms with Crippen molar-refractivity contribution >= 4 is 21.8 Å². The molecule has 0 aliphatic heterocycles. The smallest absolute Gasteiger partial charge is 0.256 e. The summed E-state index contributed by atoms with van der Waals surface area (Å²) >= 11 is 3.18. The van der Waals surface area contributed by atoms with Crippen LogP contribution in [0.5, 0.6) is 5.75 Å². The zero-order chi connectivity index (χ0) is 14.5. The van der Waals surface area contributed by atoms with Crippen molar-refractivity contribution < 1.29 is 13.9 Å². The molecule has 1 heterocycles. The van der Waals surface area contributed by atoms with E-state index in [1.807, 2.05) is 38.1 Å². The molecule has 1 atom stereocenters. The number of halogens is 1. The van der Waals surface area contributed by atoms with E-state index in [1.54, 1.807) is 6.07 Å². The van der Waals surface area contributed by atoms with Crippen LogP contribution in [-0.4, -0.2) is 18.6 Å². The van der Waals surface area contributed by atoms with Gasteiger partial charge < -0.3 is 14.5 Å². The number of hydrogen-bond acceptors (Lipinski definition) is 3. The highest BCUT2D eigenvalue weighted by Crippen LogP contribution is 2.17. The molecule has 0 fully saturated rings. The SMILES string of the molecule is Cc1ccc(OCC(C)NC(=O)c2ccoc2Br)cc1. The van der Waals surface area contributed by atoms with Gasteiger partial charge in [-0.1, -0.05) is 17.7 Å². The molecule has 1 amide bonds. The molecule has 1 aromatic heterocycles. The summed E-state index contributed by atoms with van der Waals surface area (Å²) in [5, 5.41) is 2.85. The van der Waals surface area contributed by atoms with Crippen LogP contribution in [0.1, 0.15) is 22.8 Å². The zero-order valence-corrected chi connectivity index (χ0v) is 12.9. The molecule has 0 saturated carbocycles. The number of carbonyl (C=O) groups is 1. The Morgan fingerprint density at radius 2 is 2.05 bits per heavy atom. The second kappa shape index (κ2) is 6.61. The predicted molar refractivity (Wildman–Crippen MR) is 80.0 cm³/mol. The monoisotopic (exact) mass is 337 g/mol. The van der Waals surface area contributed by atoms with Crippen molar-refractivity contribution in [2.75, 3.05) is 6.61 Å². The first-order chi connectivity index (χ1) is 9.56. The molecule has 20 heavy (non-hydrogen) atoms. The molecular formula is C15H16BrNO3. The number of carbonyl (C=O) groups excluding carboxylic acids is 1. The van der Waals surface area contributed by atoms with E-state index in [0.717, 1.165) is 5.75 Å². The first-order valence-electron chi connectivity index (χ1n) is 6.29. The van der Waals surface area contributed by atoms with Gasteiger partial charge in [-0.05, 0) is 48.0 Å². The third-order valence-electron chi connectivity index (χ3n) is 2.76. The van der Waals surface area contributed by atoms with E-state index in [-0.39, 0.29) is 11.9 Å². The lowest BCUT2D eigenvalue weighted by molar-refractivity contribution is 0.0925. The molecule has 0 aliphatic carbocycles. The van der Waals surface area contributed by atoms with Gasteiger partial charge in [-0.3, -0.25) is 4.79 Å². The summed E-state index contributed by atoms with van der Waals surface area (Å²) in [6.45, 7) is 4.32. The maximum atomic E-state index is 11.9. The van der Waals surface area contributed by atoms with Crippen LogP contribution in [0, 0.1) is 6.92 Å². The lowest BCUT2D eigenvalue weighted by Gasteiger charge is -2.14. The first-order valence-corrected chi connectivity index (χ1v) is 7.09. The van der Waals surface area contributed by atoms with Crippen LogP contribution in [0.4, 0.5) is 0 Å². The molecule has 2 aromatic rings. The highest BCUT2D eigenvalue weighted by molar-refractivity contribution is 9.10. The number of benzene rings is 1. The Hall–Kier alpha value is -1.75. The second-order valence-corrected chi connectivity index (χ2v) is 5.33. The molecule has 0 saturated heterocycles. The molecule has 1 aromatic carbocycles. The fourth-order valence-electron chi connectivity index (χ4n) is 1.65. The third-order valence-corrected chi connectivity index (χ3v) is 3.38. The van der Waals surface area contributed by atoms with Gasteiger partial charge in [0.25, 0.3) is 5.91 Å². The minimum atomic E-state index is -0.189. The van der Waals surface area contributed by atoms with Gasteiger partial charge in [0.2, 0.25) is 0 Å². The highest BCUT2D eigenvalue weighted by Gasteiger charge is 2.15. The van der Waals surface area contributed by atoms with E-state index in [4.69, 9.17) is 9.15 Å². The number of rotatable bonds is 5. The van der Waals surface area contributed by atoms with Gasteiger partial charge in [-0.2, -0.15) is 0 Å². The van der Waals surface area contributed by atoms with E-state index >= 15 is 0 Å². The van der Waals surface area contributed by atoms with Crippen LogP contribution >= 0.6 is 15.9 Å². The molecule has 2 rings (SSSR count). The Balaban J connectivity index is 1.83. The summed E-state index contributed by atoms with van der Waals surface area (Å²) in [7, 11) is 0. The summed E-state index contributed by atoms with van der Waals surface area (Å²) in [6.07, 6.45) is 1.46. The Kier molecular flexibility index (Phi) is 4.84. The third kappa shape index (κ3) is 3.87. The van der Waals surface area contributed by atoms with Crippen molar-refractivity contribution in [1.29, 1.82) is 0 Å². The quantitative estimate of drug-likeness (QED) is 0.907. The van der Waals surface area contributed by atoms with Crippen molar-refractivity contribution in [2.45, 2.75) is 19.9 Å². The van der Waals surface area contributed by atoms with E-state index in [9.17, 15) is 4.79 Å². The maximum Gasteiger partial charge on any atom is 0.256 e. The van der Waals surface area contributed by atoms with Crippen LogP contribution in [0.15, 0.2) is 45.7 Å². The fourth-order valence-corrected chi connectivity index (χ4v) is 2.07. The summed E-state index contributed by atoms with van der Waals surface area (Å²) in [4.78, 5) is 11.9. The Labute approximate surface area is 126 Å². The number of furan rings is 1. The van der Waals surface area contributed by atoms with E-state index in [2.05, 4.69) is 21.2 Å².